The highest BCUT2D eigenvalue weighted by Gasteiger charge is 2.61. The van der Waals surface area contributed by atoms with Crippen LogP contribution in [0.15, 0.2) is 48.5 Å². The summed E-state index contributed by atoms with van der Waals surface area (Å²) < 4.78 is 5.45. The van der Waals surface area contributed by atoms with Gasteiger partial charge in [-0.05, 0) is 73.9 Å². The van der Waals surface area contributed by atoms with E-state index in [4.69, 9.17) is 4.74 Å². The van der Waals surface area contributed by atoms with Crippen LogP contribution in [0.25, 0.3) is 0 Å². The van der Waals surface area contributed by atoms with Crippen LogP contribution in [0.5, 0.6) is 5.75 Å². The Balaban J connectivity index is 1.36. The Hall–Kier alpha value is -2.95. The van der Waals surface area contributed by atoms with E-state index in [1.54, 1.807) is 30.3 Å². The van der Waals surface area contributed by atoms with Crippen molar-refractivity contribution in [3.8, 4) is 5.75 Å². The van der Waals surface area contributed by atoms with Crippen LogP contribution in [0.2, 0.25) is 0 Å². The van der Waals surface area contributed by atoms with Crippen molar-refractivity contribution in [2.75, 3.05) is 4.90 Å². The summed E-state index contributed by atoms with van der Waals surface area (Å²) in [5.41, 5.74) is 1.80. The number of benzene rings is 2. The number of hydrogen-bond acceptors (Lipinski definition) is 4. The minimum Gasteiger partial charge on any atom is -0.423 e. The van der Waals surface area contributed by atoms with Crippen molar-refractivity contribution in [1.82, 2.24) is 0 Å². The number of ether oxygens (including phenoxy) is 1. The first-order chi connectivity index (χ1) is 13.5. The van der Waals surface area contributed by atoms with Gasteiger partial charge in [-0.3, -0.25) is 14.5 Å². The number of para-hydroxylation sites is 1. The number of carbonyl (C=O) groups excluding carboxylic acids is 3. The van der Waals surface area contributed by atoms with Gasteiger partial charge in [0.15, 0.2) is 0 Å². The quantitative estimate of drug-likeness (QED) is 0.466. The lowest BCUT2D eigenvalue weighted by atomic mass is 9.81. The maximum Gasteiger partial charge on any atom is 0.343 e. The molecule has 2 bridgehead atoms. The van der Waals surface area contributed by atoms with Crippen LogP contribution in [0.3, 0.4) is 0 Å². The molecule has 142 valence electrons. The summed E-state index contributed by atoms with van der Waals surface area (Å²) in [6, 6.07) is 13.9. The van der Waals surface area contributed by atoms with Gasteiger partial charge in [-0.1, -0.05) is 18.2 Å². The largest absolute Gasteiger partial charge is 0.423 e. The van der Waals surface area contributed by atoms with Crippen molar-refractivity contribution < 1.29 is 19.1 Å². The van der Waals surface area contributed by atoms with Crippen LogP contribution >= 0.6 is 0 Å². The molecule has 1 aliphatic heterocycles. The number of amides is 2. The predicted molar refractivity (Wildman–Crippen MR) is 103 cm³/mol. The first-order valence-corrected chi connectivity index (χ1v) is 9.80. The van der Waals surface area contributed by atoms with E-state index >= 15 is 0 Å². The Labute approximate surface area is 163 Å². The fourth-order valence-corrected chi connectivity index (χ4v) is 5.24. The maximum atomic E-state index is 12.9. The lowest BCUT2D eigenvalue weighted by Gasteiger charge is -2.19. The second-order valence-electron chi connectivity index (χ2n) is 8.10. The normalized spacial score (nSPS) is 28.0. The molecule has 0 N–H and O–H groups in total. The highest BCUT2D eigenvalue weighted by molar-refractivity contribution is 6.22. The molecule has 2 amide bonds. The van der Waals surface area contributed by atoms with Crippen LogP contribution in [0, 0.1) is 30.6 Å². The fourth-order valence-electron chi connectivity index (χ4n) is 5.24. The zero-order valence-corrected chi connectivity index (χ0v) is 15.6. The van der Waals surface area contributed by atoms with Gasteiger partial charge in [0.05, 0.1) is 23.1 Å². The number of rotatable bonds is 3. The fraction of sp³-hybridized carbons (Fsp3) is 0.348. The van der Waals surface area contributed by atoms with Gasteiger partial charge in [-0.25, -0.2) is 4.79 Å². The second-order valence-corrected chi connectivity index (χ2v) is 8.10. The number of fused-ring (bicyclic) bond motifs is 5. The highest BCUT2D eigenvalue weighted by atomic mass is 16.5. The van der Waals surface area contributed by atoms with E-state index in [1.807, 2.05) is 25.1 Å². The smallest absolute Gasteiger partial charge is 0.343 e. The first-order valence-electron chi connectivity index (χ1n) is 9.80. The molecular weight excluding hydrogens is 354 g/mol. The molecule has 5 nitrogen and oxygen atoms in total. The molecule has 0 aromatic heterocycles. The van der Waals surface area contributed by atoms with Crippen LogP contribution in [0.1, 0.15) is 35.2 Å². The van der Waals surface area contributed by atoms with E-state index in [-0.39, 0.29) is 23.7 Å². The second kappa shape index (κ2) is 6.30. The van der Waals surface area contributed by atoms with Gasteiger partial charge in [0.2, 0.25) is 11.8 Å². The first kappa shape index (κ1) is 17.2. The van der Waals surface area contributed by atoms with Gasteiger partial charge in [-0.2, -0.15) is 0 Å². The van der Waals surface area contributed by atoms with Crippen molar-refractivity contribution in [3.05, 3.63) is 59.7 Å². The van der Waals surface area contributed by atoms with Gasteiger partial charge in [0, 0.05) is 0 Å². The summed E-state index contributed by atoms with van der Waals surface area (Å²) in [6.07, 6.45) is 3.13. The number of esters is 1. The van der Waals surface area contributed by atoms with Gasteiger partial charge in [0.1, 0.15) is 5.75 Å². The monoisotopic (exact) mass is 375 g/mol. The molecule has 3 fully saturated rings. The Morgan fingerprint density at radius 1 is 0.929 bits per heavy atom. The van der Waals surface area contributed by atoms with E-state index in [0.717, 1.165) is 24.8 Å². The third-order valence-electron chi connectivity index (χ3n) is 6.58. The lowest BCUT2D eigenvalue weighted by Crippen LogP contribution is -2.32. The number of carbonyl (C=O) groups is 3. The maximum absolute atomic E-state index is 12.9. The summed E-state index contributed by atoms with van der Waals surface area (Å²) >= 11 is 0. The Bertz CT molecular complexity index is 952. The topological polar surface area (TPSA) is 63.7 Å². The number of anilines is 1. The molecule has 0 unspecified atom stereocenters. The predicted octanol–water partition coefficient (Wildman–Crippen LogP) is 3.75. The van der Waals surface area contributed by atoms with E-state index < -0.39 is 5.97 Å². The van der Waals surface area contributed by atoms with Crippen LogP contribution < -0.4 is 9.64 Å². The summed E-state index contributed by atoms with van der Waals surface area (Å²) in [6.45, 7) is 1.88. The van der Waals surface area contributed by atoms with E-state index in [1.165, 1.54) is 4.90 Å². The van der Waals surface area contributed by atoms with Crippen molar-refractivity contribution in [1.29, 1.82) is 0 Å². The molecule has 2 aliphatic carbocycles. The number of nitrogens with zero attached hydrogens (tertiary/aromatic N) is 1. The highest BCUT2D eigenvalue weighted by Crippen LogP contribution is 2.56. The molecule has 0 radical (unpaired) electrons. The standard InChI is InChI=1S/C23H21NO4/c1-13-4-2-3-5-18(13)28-23(27)14-8-10-17(11-9-14)24-21(25)19-15-6-7-16(12-15)20(19)22(24)26/h2-5,8-11,15-16,19-20H,6-7,12H2,1H3/t15-,16+,19-,20-/m0/s1. The van der Waals surface area contributed by atoms with E-state index in [2.05, 4.69) is 0 Å². The molecule has 1 saturated heterocycles. The Kier molecular flexibility index (Phi) is 3.86. The summed E-state index contributed by atoms with van der Waals surface area (Å²) in [5, 5.41) is 0. The van der Waals surface area contributed by atoms with Gasteiger partial charge >= 0.3 is 5.97 Å². The number of imide groups is 1. The molecule has 2 saturated carbocycles. The molecule has 3 aliphatic rings. The van der Waals surface area contributed by atoms with Gasteiger partial charge in [0.25, 0.3) is 0 Å². The van der Waals surface area contributed by atoms with Crippen molar-refractivity contribution in [2.24, 2.45) is 23.7 Å². The number of aryl methyl sites for hydroxylation is 1. The van der Waals surface area contributed by atoms with E-state index in [0.29, 0.717) is 28.8 Å². The van der Waals surface area contributed by atoms with Crippen LogP contribution in [-0.2, 0) is 9.59 Å². The molecular formula is C23H21NO4. The minimum absolute atomic E-state index is 0.0718. The van der Waals surface area contributed by atoms with Gasteiger partial charge in [-0.15, -0.1) is 0 Å². The van der Waals surface area contributed by atoms with E-state index in [9.17, 15) is 14.4 Å². The van der Waals surface area contributed by atoms with Crippen molar-refractivity contribution >= 4 is 23.5 Å². The van der Waals surface area contributed by atoms with Crippen LogP contribution in [-0.4, -0.2) is 17.8 Å². The SMILES string of the molecule is Cc1ccccc1OC(=O)c1ccc(N2C(=O)[C@H]3[C@@H]4CC[C@@H](C4)[C@@H]3C2=O)cc1. The van der Waals surface area contributed by atoms with Gasteiger partial charge < -0.3 is 4.74 Å². The molecule has 5 heteroatoms. The minimum atomic E-state index is -0.463. The molecule has 5 rings (SSSR count). The molecule has 1 heterocycles. The molecule has 28 heavy (non-hydrogen) atoms. The van der Waals surface area contributed by atoms with Crippen molar-refractivity contribution in [3.63, 3.8) is 0 Å². The third-order valence-corrected chi connectivity index (χ3v) is 6.58. The summed E-state index contributed by atoms with van der Waals surface area (Å²) in [5.74, 6) is 0.350. The zero-order valence-electron chi connectivity index (χ0n) is 15.6. The zero-order chi connectivity index (χ0) is 19.4. The summed E-state index contributed by atoms with van der Waals surface area (Å²) in [4.78, 5) is 39.5. The Morgan fingerprint density at radius 3 is 2.14 bits per heavy atom. The third kappa shape index (κ3) is 2.49. The average molecular weight is 375 g/mol. The number of hydrogen-bond donors (Lipinski definition) is 0. The molecule has 4 atom stereocenters. The molecule has 2 aromatic carbocycles. The molecule has 2 aromatic rings. The molecule has 0 spiro atoms. The van der Waals surface area contributed by atoms with Crippen LogP contribution in [0.4, 0.5) is 5.69 Å². The average Bonchev–Trinajstić information content (AvgIpc) is 3.38. The Morgan fingerprint density at radius 2 is 1.54 bits per heavy atom. The summed E-state index contributed by atoms with van der Waals surface area (Å²) in [7, 11) is 0. The van der Waals surface area contributed by atoms with Crippen molar-refractivity contribution in [2.45, 2.75) is 26.2 Å². The lowest BCUT2D eigenvalue weighted by molar-refractivity contribution is -0.123.